The summed E-state index contributed by atoms with van der Waals surface area (Å²) < 4.78 is 2.03. The number of halogens is 1. The molecule has 0 aromatic carbocycles. The molecule has 1 fully saturated rings. The minimum Gasteiger partial charge on any atom is -0.272 e. The Morgan fingerprint density at radius 1 is 1.44 bits per heavy atom. The van der Waals surface area contributed by atoms with Gasteiger partial charge in [0.2, 0.25) is 0 Å². The van der Waals surface area contributed by atoms with E-state index in [1.54, 1.807) is 0 Å². The van der Waals surface area contributed by atoms with Crippen LogP contribution < -0.4 is 0 Å². The highest BCUT2D eigenvalue weighted by atomic mass is 35.5. The Kier molecular flexibility index (Phi) is 3.58. The minimum absolute atomic E-state index is 0.348. The Morgan fingerprint density at radius 2 is 2.12 bits per heavy atom. The summed E-state index contributed by atoms with van der Waals surface area (Å²) >= 11 is 6.18. The fourth-order valence-electron chi connectivity index (χ4n) is 2.78. The summed E-state index contributed by atoms with van der Waals surface area (Å²) in [5, 5.41) is 4.51. The van der Waals surface area contributed by atoms with Gasteiger partial charge in [0.05, 0.1) is 5.69 Å². The van der Waals surface area contributed by atoms with E-state index in [1.807, 2.05) is 11.7 Å². The molecule has 2 nitrogen and oxygen atoms in total. The van der Waals surface area contributed by atoms with Crippen molar-refractivity contribution in [2.75, 3.05) is 5.88 Å². The first-order valence-corrected chi connectivity index (χ1v) is 6.80. The van der Waals surface area contributed by atoms with E-state index >= 15 is 0 Å². The van der Waals surface area contributed by atoms with Crippen LogP contribution in [-0.2, 0) is 19.9 Å². The average Bonchev–Trinajstić information content (AvgIpc) is 2.88. The van der Waals surface area contributed by atoms with Crippen LogP contribution >= 0.6 is 11.6 Å². The van der Waals surface area contributed by atoms with E-state index in [2.05, 4.69) is 18.1 Å². The van der Waals surface area contributed by atoms with Crippen molar-refractivity contribution in [3.63, 3.8) is 0 Å². The van der Waals surface area contributed by atoms with Crippen molar-refractivity contribution in [2.24, 2.45) is 12.5 Å². The fraction of sp³-hybridized carbons (Fsp3) is 0.769. The van der Waals surface area contributed by atoms with Crippen LogP contribution in [0.15, 0.2) is 6.07 Å². The lowest BCUT2D eigenvalue weighted by atomic mass is 9.83. The Balaban J connectivity index is 2.15. The van der Waals surface area contributed by atoms with Crippen LogP contribution in [0.5, 0.6) is 0 Å². The lowest BCUT2D eigenvalue weighted by molar-refractivity contribution is 0.332. The summed E-state index contributed by atoms with van der Waals surface area (Å²) in [6.07, 6.45) is 7.35. The second kappa shape index (κ2) is 4.79. The lowest BCUT2D eigenvalue weighted by Gasteiger charge is -2.25. The van der Waals surface area contributed by atoms with Crippen LogP contribution in [0.25, 0.3) is 0 Å². The topological polar surface area (TPSA) is 17.8 Å². The highest BCUT2D eigenvalue weighted by Gasteiger charge is 2.34. The summed E-state index contributed by atoms with van der Waals surface area (Å²) in [5.74, 6) is 0.791. The number of hydrogen-bond donors (Lipinski definition) is 0. The van der Waals surface area contributed by atoms with Crippen LogP contribution in [-0.4, -0.2) is 15.7 Å². The smallest absolute Gasteiger partial charge is 0.0624 e. The summed E-state index contributed by atoms with van der Waals surface area (Å²) in [7, 11) is 2.05. The van der Waals surface area contributed by atoms with E-state index in [0.717, 1.165) is 18.7 Å². The van der Waals surface area contributed by atoms with Crippen LogP contribution in [0.1, 0.15) is 44.0 Å². The van der Waals surface area contributed by atoms with Gasteiger partial charge in [-0.1, -0.05) is 19.8 Å². The quantitative estimate of drug-likeness (QED) is 0.739. The molecule has 1 aromatic rings. The SMILES string of the molecule is CCc1cc(CC2(CCl)CCCC2)n(C)n1. The van der Waals surface area contributed by atoms with Gasteiger partial charge in [0.15, 0.2) is 0 Å². The first-order chi connectivity index (χ1) is 7.69. The Labute approximate surface area is 103 Å². The van der Waals surface area contributed by atoms with Crippen molar-refractivity contribution < 1.29 is 0 Å². The molecule has 0 atom stereocenters. The molecular formula is C13H21ClN2. The van der Waals surface area contributed by atoms with Gasteiger partial charge in [0, 0.05) is 18.6 Å². The van der Waals surface area contributed by atoms with Crippen LogP contribution in [0, 0.1) is 5.41 Å². The summed E-state index contributed by atoms with van der Waals surface area (Å²) in [6.45, 7) is 2.15. The van der Waals surface area contributed by atoms with E-state index < -0.39 is 0 Å². The summed E-state index contributed by atoms with van der Waals surface area (Å²) in [4.78, 5) is 0. The highest BCUT2D eigenvalue weighted by Crippen LogP contribution is 2.41. The van der Waals surface area contributed by atoms with Gasteiger partial charge in [-0.15, -0.1) is 11.6 Å². The zero-order valence-electron chi connectivity index (χ0n) is 10.3. The molecule has 1 aliphatic rings. The van der Waals surface area contributed by atoms with Gasteiger partial charge in [0.1, 0.15) is 0 Å². The first-order valence-electron chi connectivity index (χ1n) is 6.27. The van der Waals surface area contributed by atoms with E-state index in [4.69, 9.17) is 11.6 Å². The minimum atomic E-state index is 0.348. The van der Waals surface area contributed by atoms with Gasteiger partial charge in [0.25, 0.3) is 0 Å². The molecule has 0 saturated heterocycles. The maximum atomic E-state index is 6.18. The van der Waals surface area contributed by atoms with Crippen molar-refractivity contribution in [3.8, 4) is 0 Å². The maximum absolute atomic E-state index is 6.18. The standard InChI is InChI=1S/C13H21ClN2/c1-3-11-8-12(16(2)15-11)9-13(10-14)6-4-5-7-13/h8H,3-7,9-10H2,1-2H3. The molecule has 0 unspecified atom stereocenters. The zero-order valence-corrected chi connectivity index (χ0v) is 11.1. The lowest BCUT2D eigenvalue weighted by Crippen LogP contribution is -2.23. The Morgan fingerprint density at radius 3 is 2.62 bits per heavy atom. The molecule has 2 rings (SSSR count). The predicted octanol–water partition coefficient (Wildman–Crippen LogP) is 3.32. The number of alkyl halides is 1. The second-order valence-corrected chi connectivity index (χ2v) is 5.39. The van der Waals surface area contributed by atoms with Gasteiger partial charge in [-0.3, -0.25) is 4.68 Å². The first kappa shape index (κ1) is 12.0. The third-order valence-corrected chi connectivity index (χ3v) is 4.46. The highest BCUT2D eigenvalue weighted by molar-refractivity contribution is 6.18. The molecule has 0 radical (unpaired) electrons. The van der Waals surface area contributed by atoms with E-state index in [1.165, 1.54) is 37.1 Å². The van der Waals surface area contributed by atoms with E-state index in [9.17, 15) is 0 Å². The predicted molar refractivity (Wildman–Crippen MR) is 67.9 cm³/mol. The fourth-order valence-corrected chi connectivity index (χ4v) is 3.14. The molecule has 16 heavy (non-hydrogen) atoms. The van der Waals surface area contributed by atoms with Gasteiger partial charge >= 0.3 is 0 Å². The molecule has 0 N–H and O–H groups in total. The van der Waals surface area contributed by atoms with Crippen LogP contribution in [0.2, 0.25) is 0 Å². The molecule has 1 aliphatic carbocycles. The molecule has 1 saturated carbocycles. The molecule has 0 spiro atoms. The molecular weight excluding hydrogens is 220 g/mol. The Bertz CT molecular complexity index is 351. The zero-order chi connectivity index (χ0) is 11.6. The van der Waals surface area contributed by atoms with Crippen molar-refractivity contribution in [1.82, 2.24) is 9.78 Å². The van der Waals surface area contributed by atoms with E-state index in [0.29, 0.717) is 5.41 Å². The van der Waals surface area contributed by atoms with Crippen LogP contribution in [0.3, 0.4) is 0 Å². The molecule has 90 valence electrons. The van der Waals surface area contributed by atoms with Crippen LogP contribution in [0.4, 0.5) is 0 Å². The summed E-state index contributed by atoms with van der Waals surface area (Å²) in [5.41, 5.74) is 2.89. The molecule has 3 heteroatoms. The van der Waals surface area contributed by atoms with Crippen molar-refractivity contribution in [3.05, 3.63) is 17.5 Å². The molecule has 0 amide bonds. The largest absolute Gasteiger partial charge is 0.272 e. The Hall–Kier alpha value is -0.500. The van der Waals surface area contributed by atoms with Gasteiger partial charge in [-0.2, -0.15) is 5.10 Å². The molecule has 1 aromatic heterocycles. The molecule has 0 bridgehead atoms. The third kappa shape index (κ3) is 2.27. The second-order valence-electron chi connectivity index (χ2n) is 5.12. The molecule has 1 heterocycles. The number of aryl methyl sites for hydroxylation is 2. The van der Waals surface area contributed by atoms with Crippen molar-refractivity contribution >= 4 is 11.6 Å². The number of hydrogen-bond acceptors (Lipinski definition) is 1. The number of rotatable bonds is 4. The van der Waals surface area contributed by atoms with Gasteiger partial charge < -0.3 is 0 Å². The van der Waals surface area contributed by atoms with Crippen molar-refractivity contribution in [1.29, 1.82) is 0 Å². The molecule has 0 aliphatic heterocycles. The maximum Gasteiger partial charge on any atom is 0.0624 e. The monoisotopic (exact) mass is 240 g/mol. The van der Waals surface area contributed by atoms with Gasteiger partial charge in [-0.05, 0) is 37.2 Å². The number of aromatic nitrogens is 2. The summed E-state index contributed by atoms with van der Waals surface area (Å²) in [6, 6.07) is 2.24. The third-order valence-electron chi connectivity index (χ3n) is 3.89. The van der Waals surface area contributed by atoms with E-state index in [-0.39, 0.29) is 0 Å². The van der Waals surface area contributed by atoms with Gasteiger partial charge in [-0.25, -0.2) is 0 Å². The average molecular weight is 241 g/mol. The number of nitrogens with zero attached hydrogens (tertiary/aromatic N) is 2. The normalized spacial score (nSPS) is 19.2. The van der Waals surface area contributed by atoms with Crippen molar-refractivity contribution in [2.45, 2.75) is 45.4 Å².